The molecule has 374 valence electrons. The minimum Gasteiger partial charge on any atom is -0.490 e. The fourth-order valence-electron chi connectivity index (χ4n) is 6.35. The molecule has 0 saturated carbocycles. The number of pyridine rings is 1. The third-order valence-electron chi connectivity index (χ3n) is 9.14. The van der Waals surface area contributed by atoms with E-state index < -0.39 is 58.8 Å². The molecule has 0 spiro atoms. The minimum atomic E-state index is -4.16. The summed E-state index contributed by atoms with van der Waals surface area (Å²) in [7, 11) is -5.26. The number of nitrogens with zero attached hydrogens (tertiary/aromatic N) is 7. The van der Waals surface area contributed by atoms with Gasteiger partial charge >= 0.3 is 33.1 Å². The lowest BCUT2D eigenvalue weighted by atomic mass is 10.1. The molecule has 69 heavy (non-hydrogen) atoms. The Bertz CT molecular complexity index is 2470. The van der Waals surface area contributed by atoms with E-state index >= 15 is 0 Å². The number of rotatable bonds is 30. The zero-order chi connectivity index (χ0) is 50.4. The van der Waals surface area contributed by atoms with Gasteiger partial charge in [0.2, 0.25) is 0 Å². The van der Waals surface area contributed by atoms with Gasteiger partial charge in [0.05, 0.1) is 62.0 Å². The van der Waals surface area contributed by atoms with Crippen molar-refractivity contribution in [1.29, 1.82) is 0 Å². The molecule has 2 unspecified atom stereocenters. The number of hydrogen-bond donors (Lipinski definition) is 5. The second kappa shape index (κ2) is 27.9. The predicted molar refractivity (Wildman–Crippen MR) is 247 cm³/mol. The number of carbonyl (C=O) groups is 3. The SMILES string of the molecule is CCOP(=O)(O)CN(CC(=O)O)Cc1ccn(-c2cc(C#Cc3cc(OCCOC)c(C#CCCCCC(=O)O)cc3OCCOC)cc(-n3ccc(CN(CC(=O)O)CP(=O)(O)OCC)n3)n2)n1. The number of aromatic nitrogens is 5. The van der Waals surface area contributed by atoms with Crippen LogP contribution in [0, 0.1) is 23.7 Å². The molecule has 5 N–H and O–H groups in total. The van der Waals surface area contributed by atoms with Crippen molar-refractivity contribution in [3.8, 4) is 46.8 Å². The van der Waals surface area contributed by atoms with Crippen LogP contribution in [0.25, 0.3) is 11.6 Å². The molecule has 3 heterocycles. The summed E-state index contributed by atoms with van der Waals surface area (Å²) in [6, 6.07) is 9.78. The summed E-state index contributed by atoms with van der Waals surface area (Å²) in [6.45, 7) is 2.42. The molecule has 0 fully saturated rings. The summed E-state index contributed by atoms with van der Waals surface area (Å²) in [5.74, 6) is 10.4. The summed E-state index contributed by atoms with van der Waals surface area (Å²) in [5.41, 5.74) is 1.94. The molecule has 4 aromatic rings. The zero-order valence-electron chi connectivity index (χ0n) is 38.7. The highest BCUT2D eigenvalue weighted by Crippen LogP contribution is 2.43. The average Bonchev–Trinajstić information content (AvgIpc) is 3.94. The van der Waals surface area contributed by atoms with Crippen LogP contribution in [0.4, 0.5) is 0 Å². The molecule has 0 aliphatic heterocycles. The van der Waals surface area contributed by atoms with Crippen molar-refractivity contribution < 1.29 is 76.6 Å². The third-order valence-corrected chi connectivity index (χ3v) is 12.0. The molecule has 2 atom stereocenters. The Morgan fingerprint density at radius 1 is 0.667 bits per heavy atom. The smallest absolute Gasteiger partial charge is 0.342 e. The molecule has 1 aromatic carbocycles. The van der Waals surface area contributed by atoms with Crippen molar-refractivity contribution in [1.82, 2.24) is 34.3 Å². The van der Waals surface area contributed by atoms with Crippen LogP contribution in [0.15, 0.2) is 48.8 Å². The van der Waals surface area contributed by atoms with Crippen LogP contribution < -0.4 is 9.47 Å². The maximum Gasteiger partial charge on any atom is 0.342 e. The van der Waals surface area contributed by atoms with Crippen molar-refractivity contribution in [3.05, 3.63) is 76.9 Å². The maximum absolute atomic E-state index is 12.6. The van der Waals surface area contributed by atoms with E-state index in [1.165, 1.54) is 33.4 Å². The highest BCUT2D eigenvalue weighted by molar-refractivity contribution is 7.53. The van der Waals surface area contributed by atoms with Gasteiger partial charge in [-0.1, -0.05) is 23.7 Å². The normalized spacial score (nSPS) is 12.9. The molecule has 23 nitrogen and oxygen atoms in total. The third kappa shape index (κ3) is 19.9. The monoisotopic (exact) mass is 1000 g/mol. The fraction of sp³-hybridized carbons (Fsp3) is 0.455. The highest BCUT2D eigenvalue weighted by Gasteiger charge is 2.27. The van der Waals surface area contributed by atoms with Crippen molar-refractivity contribution in [2.45, 2.75) is 52.6 Å². The number of benzene rings is 1. The summed E-state index contributed by atoms with van der Waals surface area (Å²) in [4.78, 5) is 62.1. The molecule has 3 aromatic heterocycles. The molecule has 0 amide bonds. The largest absolute Gasteiger partial charge is 0.490 e. The number of ether oxygens (including phenoxy) is 4. The van der Waals surface area contributed by atoms with Gasteiger partial charge in [0.15, 0.2) is 11.6 Å². The molecule has 0 aliphatic rings. The van der Waals surface area contributed by atoms with Gasteiger partial charge in [-0.2, -0.15) is 10.2 Å². The predicted octanol–water partition coefficient (Wildman–Crippen LogP) is 4.03. The Morgan fingerprint density at radius 3 is 1.58 bits per heavy atom. The summed E-state index contributed by atoms with van der Waals surface area (Å²) < 4.78 is 60.5. The van der Waals surface area contributed by atoms with Crippen LogP contribution in [-0.4, -0.2) is 157 Å². The number of carboxylic acids is 3. The van der Waals surface area contributed by atoms with Gasteiger partial charge < -0.3 is 53.1 Å². The second-order valence-electron chi connectivity index (χ2n) is 14.9. The van der Waals surface area contributed by atoms with E-state index in [4.69, 9.17) is 38.1 Å². The van der Waals surface area contributed by atoms with Gasteiger partial charge in [-0.15, -0.1) is 0 Å². The van der Waals surface area contributed by atoms with Crippen LogP contribution >= 0.6 is 15.2 Å². The van der Waals surface area contributed by atoms with Gasteiger partial charge in [-0.05, 0) is 51.0 Å². The summed E-state index contributed by atoms with van der Waals surface area (Å²) >= 11 is 0. The Morgan fingerprint density at radius 2 is 1.14 bits per heavy atom. The van der Waals surface area contributed by atoms with E-state index in [9.17, 15) is 43.5 Å². The van der Waals surface area contributed by atoms with Crippen LogP contribution in [-0.2, 0) is 55.1 Å². The first kappa shape index (κ1) is 55.7. The summed E-state index contributed by atoms with van der Waals surface area (Å²) in [5, 5.41) is 37.2. The van der Waals surface area contributed by atoms with Gasteiger partial charge in [0.1, 0.15) is 37.3 Å². The van der Waals surface area contributed by atoms with Crippen LogP contribution in [0.3, 0.4) is 0 Å². The highest BCUT2D eigenvalue weighted by atomic mass is 31.2. The molecule has 0 radical (unpaired) electrons. The quantitative estimate of drug-likeness (QED) is 0.0280. The number of methoxy groups -OCH3 is 2. The van der Waals surface area contributed by atoms with E-state index in [1.54, 1.807) is 62.6 Å². The Kier molecular flexibility index (Phi) is 22.5. The number of carboxylic acid groups (broad SMARTS) is 3. The molecular weight excluding hydrogens is 944 g/mol. The van der Waals surface area contributed by atoms with Crippen molar-refractivity contribution >= 4 is 33.1 Å². The van der Waals surface area contributed by atoms with E-state index in [2.05, 4.69) is 33.9 Å². The first-order valence-corrected chi connectivity index (χ1v) is 25.0. The van der Waals surface area contributed by atoms with Gasteiger partial charge in [0, 0.05) is 70.2 Å². The minimum absolute atomic E-state index is 0.0442. The molecule has 4 rings (SSSR count). The standard InChI is InChI=1S/C44H57N7O16P2/c1-5-66-68(58,59)31-48(29-43(54)55)27-36-15-17-50(46-36)40-23-33(24-41(45-40)51-18-16-37(47-51)28-49(30-44(56)57)32-69(60,61)67-6-2)13-14-35-26-38(64-21-19-62-3)34(25-39(35)65-22-20-63-4)11-9-7-8-10-12-42(52)53/h15-18,23-26H,5-8,10,12,19-22,27-32H2,1-4H3,(H,52,53)(H,54,55)(H,56,57)(H,58,59)(H,60,61). The van der Waals surface area contributed by atoms with Crippen molar-refractivity contribution in [3.63, 3.8) is 0 Å². The molecular formula is C44H57N7O16P2. The van der Waals surface area contributed by atoms with Crippen molar-refractivity contribution in [2.24, 2.45) is 0 Å². The fourth-order valence-corrected chi connectivity index (χ4v) is 8.73. The second-order valence-corrected chi connectivity index (χ2v) is 18.5. The van der Waals surface area contributed by atoms with Crippen LogP contribution in [0.2, 0.25) is 0 Å². The average molecular weight is 1000 g/mol. The van der Waals surface area contributed by atoms with Gasteiger partial charge in [-0.25, -0.2) is 14.3 Å². The van der Waals surface area contributed by atoms with Gasteiger partial charge in [0.25, 0.3) is 0 Å². The number of hydrogen-bond acceptors (Lipinski definition) is 16. The zero-order valence-corrected chi connectivity index (χ0v) is 40.5. The number of aliphatic carboxylic acids is 3. The van der Waals surface area contributed by atoms with E-state index in [1.807, 2.05) is 0 Å². The molecule has 25 heteroatoms. The molecule has 0 saturated heterocycles. The lowest BCUT2D eigenvalue weighted by Crippen LogP contribution is -2.31. The van der Waals surface area contributed by atoms with Crippen molar-refractivity contribution in [2.75, 3.05) is 79.5 Å². The molecule has 0 bridgehead atoms. The van der Waals surface area contributed by atoms with E-state index in [-0.39, 0.29) is 70.8 Å². The topological polar surface area (TPSA) is 297 Å². The Balaban J connectivity index is 1.83. The summed E-state index contributed by atoms with van der Waals surface area (Å²) in [6.07, 6.45) is 3.53. The first-order chi connectivity index (χ1) is 32.9. The number of unbranched alkanes of at least 4 members (excludes halogenated alkanes) is 2. The van der Waals surface area contributed by atoms with Gasteiger partial charge in [-0.3, -0.25) is 33.3 Å². The Labute approximate surface area is 398 Å². The van der Waals surface area contributed by atoms with E-state index in [0.717, 1.165) is 0 Å². The lowest BCUT2D eigenvalue weighted by Gasteiger charge is -2.21. The first-order valence-electron chi connectivity index (χ1n) is 21.5. The van der Waals surface area contributed by atoms with Crippen LogP contribution in [0.5, 0.6) is 11.5 Å². The lowest BCUT2D eigenvalue weighted by molar-refractivity contribution is -0.139. The maximum atomic E-state index is 12.6. The Hall–Kier alpha value is -5.94. The van der Waals surface area contributed by atoms with E-state index in [0.29, 0.717) is 58.8 Å². The van der Waals surface area contributed by atoms with Crippen LogP contribution in [0.1, 0.15) is 67.6 Å². The molecule has 0 aliphatic carbocycles.